The van der Waals surface area contributed by atoms with Crippen LogP contribution < -0.4 is 10.2 Å². The zero-order valence-electron chi connectivity index (χ0n) is 21.6. The topological polar surface area (TPSA) is 181 Å². The molecule has 0 spiro atoms. The molecule has 0 aliphatic heterocycles. The third-order valence-corrected chi connectivity index (χ3v) is 5.94. The predicted octanol–water partition coefficient (Wildman–Crippen LogP) is 5.05. The third kappa shape index (κ3) is 6.52. The molecule has 41 heavy (non-hydrogen) atoms. The van der Waals surface area contributed by atoms with Crippen molar-refractivity contribution in [2.45, 2.75) is 6.61 Å². The number of phenolic OH excluding ortho intramolecular Hbond substituents is 5. The summed E-state index contributed by atoms with van der Waals surface area (Å²) in [4.78, 5) is 12.1. The summed E-state index contributed by atoms with van der Waals surface area (Å²) in [6.07, 6.45) is 3.88. The van der Waals surface area contributed by atoms with E-state index in [1.54, 1.807) is 25.3 Å². The SMILES string of the molecule is COc1cc(/C=C/c2ccc(O)cc2)cc(CO)c1.O=c1c(O)c(-c2ccc(O)c(O)c2)oc2cc(O)cc(O)c12. The molecule has 0 amide bonds. The zero-order chi connectivity index (χ0) is 29.7. The van der Waals surface area contributed by atoms with Crippen molar-refractivity contribution >= 4 is 23.1 Å². The molecule has 5 aromatic rings. The highest BCUT2D eigenvalue weighted by molar-refractivity contribution is 5.88. The minimum atomic E-state index is -0.888. The lowest BCUT2D eigenvalue weighted by Gasteiger charge is -2.08. The molecule has 0 atom stereocenters. The Kier molecular flexibility index (Phi) is 8.35. The molecule has 0 bridgehead atoms. The molecular weight excluding hydrogens is 532 g/mol. The van der Waals surface area contributed by atoms with Crippen LogP contribution in [0.2, 0.25) is 0 Å². The number of benzene rings is 4. The van der Waals surface area contributed by atoms with Gasteiger partial charge in [-0.05, 0) is 65.2 Å². The van der Waals surface area contributed by atoms with Crippen molar-refractivity contribution in [1.29, 1.82) is 0 Å². The molecule has 1 heterocycles. The lowest BCUT2D eigenvalue weighted by molar-refractivity contribution is 0.281. The van der Waals surface area contributed by atoms with Gasteiger partial charge in [-0.25, -0.2) is 0 Å². The first-order valence-electron chi connectivity index (χ1n) is 12.1. The number of aromatic hydroxyl groups is 6. The largest absolute Gasteiger partial charge is 0.508 e. The average Bonchev–Trinajstić information content (AvgIpc) is 2.96. The first-order chi connectivity index (χ1) is 19.6. The first-order valence-corrected chi connectivity index (χ1v) is 12.1. The lowest BCUT2D eigenvalue weighted by atomic mass is 10.1. The molecule has 10 heteroatoms. The van der Waals surface area contributed by atoms with E-state index in [0.29, 0.717) is 0 Å². The number of fused-ring (bicyclic) bond motifs is 1. The molecule has 210 valence electrons. The van der Waals surface area contributed by atoms with Crippen LogP contribution in [0.25, 0.3) is 34.4 Å². The van der Waals surface area contributed by atoms with Crippen molar-refractivity contribution < 1.29 is 44.9 Å². The summed E-state index contributed by atoms with van der Waals surface area (Å²) in [6.45, 7) is -0.0166. The van der Waals surface area contributed by atoms with Gasteiger partial charge in [-0.1, -0.05) is 24.3 Å². The van der Waals surface area contributed by atoms with Crippen molar-refractivity contribution in [3.63, 3.8) is 0 Å². The van der Waals surface area contributed by atoms with Gasteiger partial charge in [0.05, 0.1) is 13.7 Å². The predicted molar refractivity (Wildman–Crippen MR) is 152 cm³/mol. The van der Waals surface area contributed by atoms with Crippen LogP contribution in [0.1, 0.15) is 16.7 Å². The number of hydrogen-bond acceptors (Lipinski definition) is 10. The molecule has 5 rings (SSSR count). The summed E-state index contributed by atoms with van der Waals surface area (Å²) in [6, 6.07) is 18.2. The summed E-state index contributed by atoms with van der Waals surface area (Å²) in [5, 5.41) is 66.0. The van der Waals surface area contributed by atoms with E-state index in [2.05, 4.69) is 0 Å². The fourth-order valence-corrected chi connectivity index (χ4v) is 3.90. The highest BCUT2D eigenvalue weighted by atomic mass is 16.5. The smallest absolute Gasteiger partial charge is 0.238 e. The molecular formula is C31H26O10. The number of methoxy groups -OCH3 is 1. The van der Waals surface area contributed by atoms with Gasteiger partial charge < -0.3 is 44.9 Å². The van der Waals surface area contributed by atoms with Crippen molar-refractivity contribution in [3.8, 4) is 51.6 Å². The normalized spacial score (nSPS) is 10.9. The van der Waals surface area contributed by atoms with Crippen LogP contribution in [-0.2, 0) is 6.61 Å². The Bertz CT molecular complexity index is 1760. The van der Waals surface area contributed by atoms with Crippen LogP contribution in [0.4, 0.5) is 0 Å². The van der Waals surface area contributed by atoms with Gasteiger partial charge >= 0.3 is 0 Å². The van der Waals surface area contributed by atoms with E-state index in [1.165, 1.54) is 6.07 Å². The highest BCUT2D eigenvalue weighted by Crippen LogP contribution is 2.37. The Labute approximate surface area is 233 Å². The van der Waals surface area contributed by atoms with Crippen molar-refractivity contribution in [2.24, 2.45) is 0 Å². The first kappa shape index (κ1) is 28.4. The maximum absolute atomic E-state index is 12.1. The molecule has 0 radical (unpaired) electrons. The second-order valence-electron chi connectivity index (χ2n) is 8.85. The van der Waals surface area contributed by atoms with Gasteiger partial charge in [0.15, 0.2) is 17.3 Å². The summed E-state index contributed by atoms with van der Waals surface area (Å²) in [7, 11) is 1.60. The van der Waals surface area contributed by atoms with Gasteiger partial charge in [-0.15, -0.1) is 0 Å². The van der Waals surface area contributed by atoms with E-state index in [1.807, 2.05) is 36.4 Å². The molecule has 0 aliphatic rings. The van der Waals surface area contributed by atoms with E-state index >= 15 is 0 Å². The van der Waals surface area contributed by atoms with Crippen LogP contribution >= 0.6 is 0 Å². The van der Waals surface area contributed by atoms with Crippen molar-refractivity contribution in [2.75, 3.05) is 7.11 Å². The average molecular weight is 559 g/mol. The van der Waals surface area contributed by atoms with Crippen LogP contribution in [0, 0.1) is 0 Å². The van der Waals surface area contributed by atoms with Gasteiger partial charge in [0, 0.05) is 17.7 Å². The third-order valence-electron chi connectivity index (χ3n) is 5.94. The Morgan fingerprint density at radius 2 is 1.44 bits per heavy atom. The number of aliphatic hydroxyl groups is 1. The minimum absolute atomic E-state index is 0.0166. The van der Waals surface area contributed by atoms with Crippen molar-refractivity contribution in [1.82, 2.24) is 0 Å². The monoisotopic (exact) mass is 558 g/mol. The standard InChI is InChI=1S/C16H16O3.C15H10O7/c1-19-16-9-13(8-14(10-16)11-17)3-2-12-4-6-15(18)7-5-12;16-7-4-10(19)12-11(5-7)22-15(14(21)13(12)20)6-1-2-8(17)9(18)3-6/h2-10,17-18H,11H2,1H3;1-5,16-19,21H/b3-2+;. The molecule has 0 aliphatic carbocycles. The van der Waals surface area contributed by atoms with Crippen LogP contribution in [0.5, 0.6) is 40.2 Å². The molecule has 4 aromatic carbocycles. The molecule has 7 N–H and O–H groups in total. The van der Waals surface area contributed by atoms with E-state index in [0.717, 1.165) is 46.7 Å². The van der Waals surface area contributed by atoms with E-state index in [-0.39, 0.29) is 46.1 Å². The highest BCUT2D eigenvalue weighted by Gasteiger charge is 2.19. The van der Waals surface area contributed by atoms with Gasteiger partial charge in [-0.3, -0.25) is 4.79 Å². The number of hydrogen-bond donors (Lipinski definition) is 7. The van der Waals surface area contributed by atoms with Gasteiger partial charge in [0.2, 0.25) is 11.2 Å². The van der Waals surface area contributed by atoms with Crippen LogP contribution in [0.3, 0.4) is 0 Å². The Balaban J connectivity index is 0.000000191. The fourth-order valence-electron chi connectivity index (χ4n) is 3.90. The number of aliphatic hydroxyl groups excluding tert-OH is 1. The van der Waals surface area contributed by atoms with Gasteiger partial charge in [-0.2, -0.15) is 0 Å². The Morgan fingerprint density at radius 3 is 2.10 bits per heavy atom. The minimum Gasteiger partial charge on any atom is -0.508 e. The van der Waals surface area contributed by atoms with E-state index in [9.17, 15) is 40.5 Å². The maximum Gasteiger partial charge on any atom is 0.238 e. The molecule has 10 nitrogen and oxygen atoms in total. The lowest BCUT2D eigenvalue weighted by Crippen LogP contribution is -2.02. The second-order valence-corrected chi connectivity index (χ2v) is 8.85. The van der Waals surface area contributed by atoms with E-state index < -0.39 is 22.7 Å². The molecule has 0 saturated heterocycles. The molecule has 1 aromatic heterocycles. The quantitative estimate of drug-likeness (QED) is 0.114. The molecule has 0 fully saturated rings. The molecule has 0 saturated carbocycles. The summed E-state index contributed by atoms with van der Waals surface area (Å²) in [5.41, 5.74) is 1.87. The van der Waals surface area contributed by atoms with E-state index in [4.69, 9.17) is 9.15 Å². The van der Waals surface area contributed by atoms with Crippen molar-refractivity contribution in [3.05, 3.63) is 99.7 Å². The van der Waals surface area contributed by atoms with Gasteiger partial charge in [0.25, 0.3) is 0 Å². The maximum atomic E-state index is 12.1. The fraction of sp³-hybridized carbons (Fsp3) is 0.0645. The zero-order valence-corrected chi connectivity index (χ0v) is 21.6. The second kappa shape index (κ2) is 12.1. The number of rotatable bonds is 5. The Morgan fingerprint density at radius 1 is 0.732 bits per heavy atom. The van der Waals surface area contributed by atoms with Crippen LogP contribution in [-0.4, -0.2) is 42.9 Å². The summed E-state index contributed by atoms with van der Waals surface area (Å²) >= 11 is 0. The molecule has 0 unspecified atom stereocenters. The number of ether oxygens (including phenoxy) is 1. The summed E-state index contributed by atoms with van der Waals surface area (Å²) in [5.74, 6) is -1.74. The van der Waals surface area contributed by atoms with Gasteiger partial charge in [0.1, 0.15) is 34.0 Å². The summed E-state index contributed by atoms with van der Waals surface area (Å²) < 4.78 is 10.5. The number of phenols is 5. The Hall–Kier alpha value is -5.61. The van der Waals surface area contributed by atoms with Crippen LogP contribution in [0.15, 0.2) is 82.0 Å².